The summed E-state index contributed by atoms with van der Waals surface area (Å²) < 4.78 is 0. The molecule has 3 rings (SSSR count). The summed E-state index contributed by atoms with van der Waals surface area (Å²) in [5.74, 6) is 0. The standard InChI is InChI=1S/C18H28N2.2ClH/c1-2-20(16-15-19-13-7-4-8-14-19)18(11-12-18)17-9-5-3-6-10-17;;/h3,5-6,9-10H,2,4,7-8,11-16H2,1H3;2*1H. The second-order valence-electron chi connectivity index (χ2n) is 6.38. The minimum absolute atomic E-state index is 0. The zero-order valence-corrected chi connectivity index (χ0v) is 15.3. The average Bonchev–Trinajstić information content (AvgIpc) is 3.32. The van der Waals surface area contributed by atoms with E-state index in [1.807, 2.05) is 0 Å². The Balaban J connectivity index is 0.00000121. The number of nitrogens with zero attached hydrogens (tertiary/aromatic N) is 2. The third-order valence-electron chi connectivity index (χ3n) is 5.16. The van der Waals surface area contributed by atoms with E-state index in [0.717, 1.165) is 0 Å². The molecule has 0 atom stereocenters. The smallest absolute Gasteiger partial charge is 0.0462 e. The number of rotatable bonds is 6. The van der Waals surface area contributed by atoms with Crippen LogP contribution in [0.5, 0.6) is 0 Å². The van der Waals surface area contributed by atoms with Crippen LogP contribution in [0, 0.1) is 0 Å². The van der Waals surface area contributed by atoms with Crippen LogP contribution < -0.4 is 0 Å². The normalized spacial score (nSPS) is 20.1. The average molecular weight is 345 g/mol. The first-order valence-electron chi connectivity index (χ1n) is 8.38. The van der Waals surface area contributed by atoms with Crippen LogP contribution in [0.4, 0.5) is 0 Å². The lowest BCUT2D eigenvalue weighted by Crippen LogP contribution is -2.42. The van der Waals surface area contributed by atoms with E-state index >= 15 is 0 Å². The van der Waals surface area contributed by atoms with Gasteiger partial charge in [0.1, 0.15) is 0 Å². The number of halogens is 2. The third-order valence-corrected chi connectivity index (χ3v) is 5.16. The first kappa shape index (κ1) is 19.8. The summed E-state index contributed by atoms with van der Waals surface area (Å²) >= 11 is 0. The summed E-state index contributed by atoms with van der Waals surface area (Å²) in [6.45, 7) is 8.60. The summed E-state index contributed by atoms with van der Waals surface area (Å²) in [4.78, 5) is 5.38. The maximum absolute atomic E-state index is 2.72. The van der Waals surface area contributed by atoms with E-state index < -0.39 is 0 Å². The summed E-state index contributed by atoms with van der Waals surface area (Å²) in [6.07, 6.45) is 6.91. The van der Waals surface area contributed by atoms with E-state index in [2.05, 4.69) is 47.1 Å². The molecule has 4 heteroatoms. The van der Waals surface area contributed by atoms with E-state index in [1.54, 1.807) is 0 Å². The molecule has 0 amide bonds. The summed E-state index contributed by atoms with van der Waals surface area (Å²) in [5.41, 5.74) is 1.90. The molecule has 0 N–H and O–H groups in total. The van der Waals surface area contributed by atoms with Gasteiger partial charge in [0, 0.05) is 18.6 Å². The van der Waals surface area contributed by atoms with Crippen molar-refractivity contribution in [2.75, 3.05) is 32.7 Å². The lowest BCUT2D eigenvalue weighted by molar-refractivity contribution is 0.140. The second kappa shape index (κ2) is 9.12. The number of benzene rings is 1. The van der Waals surface area contributed by atoms with Crippen molar-refractivity contribution in [1.29, 1.82) is 0 Å². The zero-order chi connectivity index (χ0) is 13.8. The number of piperidine rings is 1. The van der Waals surface area contributed by atoms with Gasteiger partial charge in [-0.25, -0.2) is 0 Å². The molecule has 2 aliphatic rings. The predicted molar refractivity (Wildman–Crippen MR) is 99.4 cm³/mol. The van der Waals surface area contributed by atoms with Crippen molar-refractivity contribution in [3.05, 3.63) is 35.9 Å². The Morgan fingerprint density at radius 2 is 1.64 bits per heavy atom. The molecule has 0 aromatic heterocycles. The largest absolute Gasteiger partial charge is 0.302 e. The molecular formula is C18H30Cl2N2. The molecule has 1 saturated heterocycles. The van der Waals surface area contributed by atoms with Gasteiger partial charge in [-0.1, -0.05) is 43.7 Å². The van der Waals surface area contributed by atoms with Crippen molar-refractivity contribution >= 4 is 24.8 Å². The van der Waals surface area contributed by atoms with Gasteiger partial charge in [-0.05, 0) is 50.9 Å². The molecule has 2 fully saturated rings. The highest BCUT2D eigenvalue weighted by Crippen LogP contribution is 2.50. The van der Waals surface area contributed by atoms with Gasteiger partial charge in [-0.2, -0.15) is 0 Å². The Labute approximate surface area is 148 Å². The van der Waals surface area contributed by atoms with Gasteiger partial charge in [0.2, 0.25) is 0 Å². The molecule has 1 saturated carbocycles. The number of hydrogen-bond donors (Lipinski definition) is 0. The van der Waals surface area contributed by atoms with Crippen LogP contribution in [-0.2, 0) is 5.54 Å². The molecule has 0 spiro atoms. The molecule has 1 aromatic carbocycles. The van der Waals surface area contributed by atoms with Crippen LogP contribution in [0.15, 0.2) is 30.3 Å². The number of hydrogen-bond acceptors (Lipinski definition) is 2. The maximum Gasteiger partial charge on any atom is 0.0462 e. The van der Waals surface area contributed by atoms with Crippen LogP contribution in [0.25, 0.3) is 0 Å². The van der Waals surface area contributed by atoms with E-state index in [1.165, 1.54) is 70.4 Å². The molecule has 1 aliphatic heterocycles. The minimum atomic E-state index is 0. The highest BCUT2D eigenvalue weighted by molar-refractivity contribution is 5.85. The first-order chi connectivity index (χ1) is 9.85. The summed E-state index contributed by atoms with van der Waals surface area (Å²) in [6, 6.07) is 11.1. The SMILES string of the molecule is CCN(CCN1CCCCC1)C1(c2ccccc2)CC1.Cl.Cl. The van der Waals surface area contributed by atoms with Crippen molar-refractivity contribution in [1.82, 2.24) is 9.80 Å². The molecular weight excluding hydrogens is 315 g/mol. The fourth-order valence-electron chi connectivity index (χ4n) is 3.77. The summed E-state index contributed by atoms with van der Waals surface area (Å²) in [7, 11) is 0. The van der Waals surface area contributed by atoms with Gasteiger partial charge < -0.3 is 4.90 Å². The Morgan fingerprint density at radius 3 is 2.18 bits per heavy atom. The number of likely N-dealkylation sites (tertiary alicyclic amines) is 1. The molecule has 0 bridgehead atoms. The van der Waals surface area contributed by atoms with Gasteiger partial charge in [-0.15, -0.1) is 24.8 Å². The lowest BCUT2D eigenvalue weighted by atomic mass is 10.0. The van der Waals surface area contributed by atoms with Gasteiger partial charge in [0.05, 0.1) is 0 Å². The van der Waals surface area contributed by atoms with Gasteiger partial charge in [0.25, 0.3) is 0 Å². The molecule has 1 aromatic rings. The molecule has 1 heterocycles. The highest BCUT2D eigenvalue weighted by atomic mass is 35.5. The first-order valence-corrected chi connectivity index (χ1v) is 8.38. The fourth-order valence-corrected chi connectivity index (χ4v) is 3.77. The van der Waals surface area contributed by atoms with E-state index in [9.17, 15) is 0 Å². The fraction of sp³-hybridized carbons (Fsp3) is 0.667. The monoisotopic (exact) mass is 344 g/mol. The predicted octanol–water partition coefficient (Wildman–Crippen LogP) is 4.33. The quantitative estimate of drug-likeness (QED) is 0.757. The van der Waals surface area contributed by atoms with Gasteiger partial charge >= 0.3 is 0 Å². The highest BCUT2D eigenvalue weighted by Gasteiger charge is 2.48. The van der Waals surface area contributed by atoms with Crippen molar-refractivity contribution in [3.8, 4) is 0 Å². The van der Waals surface area contributed by atoms with E-state index in [-0.39, 0.29) is 24.8 Å². The molecule has 1 aliphatic carbocycles. The summed E-state index contributed by atoms with van der Waals surface area (Å²) in [5, 5.41) is 0. The molecule has 2 nitrogen and oxygen atoms in total. The Hall–Kier alpha value is -0.280. The Morgan fingerprint density at radius 1 is 1.00 bits per heavy atom. The Bertz CT molecular complexity index is 414. The second-order valence-corrected chi connectivity index (χ2v) is 6.38. The van der Waals surface area contributed by atoms with Crippen molar-refractivity contribution in [2.45, 2.75) is 44.6 Å². The maximum atomic E-state index is 2.72. The van der Waals surface area contributed by atoms with Crippen molar-refractivity contribution < 1.29 is 0 Å². The van der Waals surface area contributed by atoms with Crippen molar-refractivity contribution in [3.63, 3.8) is 0 Å². The molecule has 0 unspecified atom stereocenters. The molecule has 126 valence electrons. The molecule has 0 radical (unpaired) electrons. The van der Waals surface area contributed by atoms with Crippen LogP contribution in [0.1, 0.15) is 44.6 Å². The third kappa shape index (κ3) is 4.38. The van der Waals surface area contributed by atoms with Crippen LogP contribution in [0.2, 0.25) is 0 Å². The van der Waals surface area contributed by atoms with E-state index in [0.29, 0.717) is 5.54 Å². The molecule has 22 heavy (non-hydrogen) atoms. The van der Waals surface area contributed by atoms with E-state index in [4.69, 9.17) is 0 Å². The lowest BCUT2D eigenvalue weighted by Gasteiger charge is -2.34. The van der Waals surface area contributed by atoms with Crippen LogP contribution in [-0.4, -0.2) is 42.5 Å². The van der Waals surface area contributed by atoms with Crippen LogP contribution in [0.3, 0.4) is 0 Å². The van der Waals surface area contributed by atoms with Crippen LogP contribution >= 0.6 is 24.8 Å². The Kier molecular flexibility index (Phi) is 8.20. The van der Waals surface area contributed by atoms with Crippen molar-refractivity contribution in [2.24, 2.45) is 0 Å². The minimum Gasteiger partial charge on any atom is -0.302 e. The topological polar surface area (TPSA) is 6.48 Å². The number of likely N-dealkylation sites (N-methyl/N-ethyl adjacent to an activating group) is 1. The van der Waals surface area contributed by atoms with Gasteiger partial charge in [0.15, 0.2) is 0 Å². The van der Waals surface area contributed by atoms with Gasteiger partial charge in [-0.3, -0.25) is 4.90 Å². The zero-order valence-electron chi connectivity index (χ0n) is 13.7.